The van der Waals surface area contributed by atoms with Gasteiger partial charge in [-0.25, -0.2) is 4.79 Å². The van der Waals surface area contributed by atoms with Crippen LogP contribution in [-0.4, -0.2) is 39.0 Å². The lowest BCUT2D eigenvalue weighted by atomic mass is 10.3. The number of nitrogens with zero attached hydrogens (tertiary/aromatic N) is 3. The maximum absolute atomic E-state index is 12.5. The quantitative estimate of drug-likeness (QED) is 0.391. The zero-order valence-electron chi connectivity index (χ0n) is 16.7. The molecule has 3 aromatic rings. The molecule has 1 saturated carbocycles. The van der Waals surface area contributed by atoms with Crippen molar-refractivity contribution < 1.29 is 18.7 Å². The van der Waals surface area contributed by atoms with Gasteiger partial charge in [-0.15, -0.1) is 21.5 Å². The number of carbonyl (C=O) groups is 2. The van der Waals surface area contributed by atoms with Gasteiger partial charge in [-0.3, -0.25) is 9.36 Å². The van der Waals surface area contributed by atoms with Gasteiger partial charge in [-0.2, -0.15) is 0 Å². The average Bonchev–Trinajstić information content (AvgIpc) is 3.10. The van der Waals surface area contributed by atoms with Crippen LogP contribution in [0.15, 0.2) is 34.0 Å². The second kappa shape index (κ2) is 9.05. The summed E-state index contributed by atoms with van der Waals surface area (Å²) < 4.78 is 12.5. The monoisotopic (exact) mass is 446 g/mol. The molecule has 1 fully saturated rings. The number of nitrogens with one attached hydrogen (secondary N) is 1. The third-order valence-electron chi connectivity index (χ3n) is 4.56. The van der Waals surface area contributed by atoms with Crippen molar-refractivity contribution in [2.45, 2.75) is 44.3 Å². The zero-order valence-corrected chi connectivity index (χ0v) is 18.3. The van der Waals surface area contributed by atoms with Gasteiger partial charge in [0, 0.05) is 5.92 Å². The maximum Gasteiger partial charge on any atom is 0.348 e. The van der Waals surface area contributed by atoms with Crippen LogP contribution in [0.4, 0.5) is 5.00 Å². The van der Waals surface area contributed by atoms with Gasteiger partial charge in [0.2, 0.25) is 5.91 Å². The number of hydrogen-bond acceptors (Lipinski definition) is 8. The summed E-state index contributed by atoms with van der Waals surface area (Å²) in [5.74, 6) is 1.86. The van der Waals surface area contributed by atoms with Gasteiger partial charge in [0.25, 0.3) is 0 Å². The number of aromatic nitrogens is 3. The van der Waals surface area contributed by atoms with Crippen LogP contribution in [0.5, 0.6) is 0 Å². The fraction of sp³-hybridized carbons (Fsp3) is 0.400. The Kier molecular flexibility index (Phi) is 6.24. The van der Waals surface area contributed by atoms with Gasteiger partial charge in [0.15, 0.2) is 5.16 Å². The van der Waals surface area contributed by atoms with E-state index in [9.17, 15) is 9.59 Å². The van der Waals surface area contributed by atoms with Crippen LogP contribution in [-0.2, 0) is 16.1 Å². The Bertz CT molecular complexity index is 1040. The molecule has 0 aromatic carbocycles. The Labute approximate surface area is 182 Å². The molecule has 8 nitrogen and oxygen atoms in total. The molecule has 0 bridgehead atoms. The van der Waals surface area contributed by atoms with Gasteiger partial charge < -0.3 is 14.5 Å². The summed E-state index contributed by atoms with van der Waals surface area (Å²) in [6.45, 7) is 4.45. The van der Waals surface area contributed by atoms with E-state index in [2.05, 4.69) is 15.5 Å². The number of rotatable bonds is 9. The van der Waals surface area contributed by atoms with Gasteiger partial charge in [0.05, 0.1) is 30.2 Å². The predicted molar refractivity (Wildman–Crippen MR) is 114 cm³/mol. The molecule has 0 unspecified atom stereocenters. The van der Waals surface area contributed by atoms with Crippen LogP contribution in [0.25, 0.3) is 0 Å². The first-order valence-corrected chi connectivity index (χ1v) is 11.5. The van der Waals surface area contributed by atoms with Crippen molar-refractivity contribution in [3.8, 4) is 0 Å². The average molecular weight is 447 g/mol. The maximum atomic E-state index is 12.5. The van der Waals surface area contributed by atoms with Gasteiger partial charge in [-0.05, 0) is 50.5 Å². The molecule has 1 N–H and O–H groups in total. The van der Waals surface area contributed by atoms with Crippen LogP contribution in [0.1, 0.15) is 52.5 Å². The van der Waals surface area contributed by atoms with Crippen molar-refractivity contribution in [3.63, 3.8) is 0 Å². The van der Waals surface area contributed by atoms with Crippen molar-refractivity contribution >= 4 is 40.0 Å². The van der Waals surface area contributed by atoms with Crippen LogP contribution in [0.3, 0.4) is 0 Å². The molecule has 3 heterocycles. The number of carbonyl (C=O) groups excluding carboxylic acids is 2. The first-order chi connectivity index (χ1) is 14.5. The first kappa shape index (κ1) is 20.7. The van der Waals surface area contributed by atoms with Crippen LogP contribution in [0, 0.1) is 6.92 Å². The highest BCUT2D eigenvalue weighted by molar-refractivity contribution is 7.99. The van der Waals surface area contributed by atoms with Crippen molar-refractivity contribution in [1.82, 2.24) is 14.8 Å². The number of esters is 1. The third-order valence-corrected chi connectivity index (χ3v) is 6.65. The molecule has 1 amide bonds. The van der Waals surface area contributed by atoms with E-state index in [1.165, 1.54) is 23.1 Å². The molecular formula is C20H22N4O4S2. The van der Waals surface area contributed by atoms with E-state index in [4.69, 9.17) is 9.15 Å². The number of thiophene rings is 1. The summed E-state index contributed by atoms with van der Waals surface area (Å²) in [4.78, 5) is 24.9. The summed E-state index contributed by atoms with van der Waals surface area (Å²) in [6, 6.07) is 5.55. The van der Waals surface area contributed by atoms with Crippen LogP contribution in [0.2, 0.25) is 0 Å². The Morgan fingerprint density at radius 3 is 2.93 bits per heavy atom. The molecule has 0 spiro atoms. The predicted octanol–water partition coefficient (Wildman–Crippen LogP) is 4.07. The fourth-order valence-corrected chi connectivity index (χ4v) is 4.73. The number of furan rings is 1. The number of hydrogen-bond donors (Lipinski definition) is 1. The molecule has 10 heteroatoms. The summed E-state index contributed by atoms with van der Waals surface area (Å²) in [6.07, 6.45) is 3.87. The second-order valence-corrected chi connectivity index (χ2v) is 8.96. The van der Waals surface area contributed by atoms with E-state index in [1.54, 1.807) is 19.3 Å². The molecule has 0 saturated heterocycles. The van der Waals surface area contributed by atoms with E-state index >= 15 is 0 Å². The minimum Gasteiger partial charge on any atom is -0.467 e. The molecule has 1 aliphatic carbocycles. The summed E-state index contributed by atoms with van der Waals surface area (Å²) in [5, 5.41) is 12.8. The minimum atomic E-state index is -0.367. The SMILES string of the molecule is CCOC(=O)c1sc(NC(=O)CSc2nnc(C3CC3)n2Cc2ccco2)cc1C. The lowest BCUT2D eigenvalue weighted by molar-refractivity contribution is -0.113. The van der Waals surface area contributed by atoms with Gasteiger partial charge in [0.1, 0.15) is 16.5 Å². The number of amides is 1. The fourth-order valence-electron chi connectivity index (χ4n) is 3.00. The van der Waals surface area contributed by atoms with Crippen molar-refractivity contribution in [2.24, 2.45) is 0 Å². The van der Waals surface area contributed by atoms with Crippen molar-refractivity contribution in [3.05, 3.63) is 46.5 Å². The topological polar surface area (TPSA) is 99.2 Å². The highest BCUT2D eigenvalue weighted by Crippen LogP contribution is 2.40. The Morgan fingerprint density at radius 2 is 2.23 bits per heavy atom. The number of aryl methyl sites for hydroxylation is 1. The molecule has 0 aliphatic heterocycles. The molecule has 0 atom stereocenters. The number of thioether (sulfide) groups is 1. The lowest BCUT2D eigenvalue weighted by Gasteiger charge is -2.08. The van der Waals surface area contributed by atoms with Crippen molar-refractivity contribution in [1.29, 1.82) is 0 Å². The van der Waals surface area contributed by atoms with Crippen LogP contribution < -0.4 is 5.32 Å². The molecule has 4 rings (SSSR count). The normalized spacial score (nSPS) is 13.4. The molecule has 3 aromatic heterocycles. The largest absolute Gasteiger partial charge is 0.467 e. The van der Waals surface area contributed by atoms with E-state index in [-0.39, 0.29) is 17.6 Å². The second-order valence-electron chi connectivity index (χ2n) is 6.96. The van der Waals surface area contributed by atoms with E-state index in [0.717, 1.165) is 30.0 Å². The van der Waals surface area contributed by atoms with Gasteiger partial charge >= 0.3 is 5.97 Å². The minimum absolute atomic E-state index is 0.169. The standard InChI is InChI=1S/C20H22N4O4S2/c1-3-27-19(26)17-12(2)9-16(30-17)21-15(25)11-29-20-23-22-18(13-6-7-13)24(20)10-14-5-4-8-28-14/h4-5,8-9,13H,3,6-7,10-11H2,1-2H3,(H,21,25). The smallest absolute Gasteiger partial charge is 0.348 e. The highest BCUT2D eigenvalue weighted by atomic mass is 32.2. The molecule has 30 heavy (non-hydrogen) atoms. The summed E-state index contributed by atoms with van der Waals surface area (Å²) >= 11 is 2.55. The summed E-state index contributed by atoms with van der Waals surface area (Å²) in [5.41, 5.74) is 0.786. The molecular weight excluding hydrogens is 424 g/mol. The summed E-state index contributed by atoms with van der Waals surface area (Å²) in [7, 11) is 0. The Hall–Kier alpha value is -2.59. The Morgan fingerprint density at radius 1 is 1.40 bits per heavy atom. The van der Waals surface area contributed by atoms with Crippen molar-refractivity contribution in [2.75, 3.05) is 17.7 Å². The third kappa shape index (κ3) is 4.76. The lowest BCUT2D eigenvalue weighted by Crippen LogP contribution is -2.14. The van der Waals surface area contributed by atoms with E-state index in [1.807, 2.05) is 23.6 Å². The highest BCUT2D eigenvalue weighted by Gasteiger charge is 2.31. The van der Waals surface area contributed by atoms with E-state index in [0.29, 0.717) is 34.1 Å². The number of ether oxygens (including phenoxy) is 1. The molecule has 0 radical (unpaired) electrons. The van der Waals surface area contributed by atoms with Crippen LogP contribution >= 0.6 is 23.1 Å². The first-order valence-electron chi connectivity index (χ1n) is 9.70. The van der Waals surface area contributed by atoms with Gasteiger partial charge in [-0.1, -0.05) is 11.8 Å². The molecule has 1 aliphatic rings. The van der Waals surface area contributed by atoms with E-state index < -0.39 is 0 Å². The number of anilines is 1. The molecule has 158 valence electrons. The Balaban J connectivity index is 1.39. The zero-order chi connectivity index (χ0) is 21.1.